The first-order valence-electron chi connectivity index (χ1n) is 23.5. The number of hydrogen-bond acceptors (Lipinski definition) is 0. The van der Waals surface area contributed by atoms with E-state index in [1.54, 1.807) is 0 Å². The molecule has 13 aromatic carbocycles. The molecular formula is C67H40. The average molecular weight is 845 g/mol. The summed E-state index contributed by atoms with van der Waals surface area (Å²) in [5.41, 5.74) is 17.9. The SMILES string of the molecule is c1cc(-c2ccc3cc4c(cc3c2)C2(c3ccccc3-c3ccccc32)c2c-4ccc3ccccc23)cc(-c2c3ccccc3c(-c3cc4ccccc4c4ccccc34)c3ccccc23)c1. The van der Waals surface area contributed by atoms with Gasteiger partial charge in [-0.25, -0.2) is 0 Å². The van der Waals surface area contributed by atoms with Crippen LogP contribution in [-0.4, -0.2) is 0 Å². The van der Waals surface area contributed by atoms with Crippen molar-refractivity contribution < 1.29 is 0 Å². The molecule has 1 spiro atoms. The van der Waals surface area contributed by atoms with Crippen molar-refractivity contribution in [3.8, 4) is 55.6 Å². The van der Waals surface area contributed by atoms with Crippen molar-refractivity contribution in [2.45, 2.75) is 5.41 Å². The Morgan fingerprint density at radius 3 is 1.45 bits per heavy atom. The minimum atomic E-state index is -0.434. The first kappa shape index (κ1) is 36.7. The number of rotatable bonds is 3. The van der Waals surface area contributed by atoms with Gasteiger partial charge in [0, 0.05) is 0 Å². The third-order valence-corrected chi connectivity index (χ3v) is 15.4. The van der Waals surface area contributed by atoms with E-state index in [0.29, 0.717) is 0 Å². The molecule has 67 heavy (non-hydrogen) atoms. The van der Waals surface area contributed by atoms with Gasteiger partial charge >= 0.3 is 0 Å². The molecule has 2 aliphatic rings. The second-order valence-corrected chi connectivity index (χ2v) is 18.6. The van der Waals surface area contributed by atoms with Crippen molar-refractivity contribution in [2.75, 3.05) is 0 Å². The van der Waals surface area contributed by atoms with Crippen molar-refractivity contribution >= 4 is 64.6 Å². The summed E-state index contributed by atoms with van der Waals surface area (Å²) in [5.74, 6) is 0. The molecule has 0 aliphatic heterocycles. The van der Waals surface area contributed by atoms with Gasteiger partial charge in [-0.15, -0.1) is 0 Å². The molecule has 0 nitrogen and oxygen atoms in total. The Labute approximate surface area is 388 Å². The van der Waals surface area contributed by atoms with E-state index in [0.717, 1.165) is 0 Å². The zero-order valence-corrected chi connectivity index (χ0v) is 36.6. The van der Waals surface area contributed by atoms with E-state index in [2.05, 4.69) is 243 Å². The molecule has 0 N–H and O–H groups in total. The van der Waals surface area contributed by atoms with Gasteiger partial charge in [0.25, 0.3) is 0 Å². The maximum atomic E-state index is 2.53. The Bertz CT molecular complexity index is 4180. The predicted octanol–water partition coefficient (Wildman–Crippen LogP) is 18.0. The lowest BCUT2D eigenvalue weighted by Crippen LogP contribution is -2.26. The van der Waals surface area contributed by atoms with Crippen molar-refractivity contribution in [3.05, 3.63) is 265 Å². The molecule has 0 unspecified atom stereocenters. The lowest BCUT2D eigenvalue weighted by Gasteiger charge is -2.31. The summed E-state index contributed by atoms with van der Waals surface area (Å²) < 4.78 is 0. The molecular weight excluding hydrogens is 805 g/mol. The lowest BCUT2D eigenvalue weighted by molar-refractivity contribution is 0.802. The van der Waals surface area contributed by atoms with Crippen LogP contribution in [0.15, 0.2) is 243 Å². The van der Waals surface area contributed by atoms with E-state index in [1.165, 1.54) is 143 Å². The summed E-state index contributed by atoms with van der Waals surface area (Å²) in [5, 5.41) is 15.3. The topological polar surface area (TPSA) is 0 Å². The maximum absolute atomic E-state index is 2.53. The second-order valence-electron chi connectivity index (χ2n) is 18.6. The summed E-state index contributed by atoms with van der Waals surface area (Å²) in [7, 11) is 0. The molecule has 15 rings (SSSR count). The van der Waals surface area contributed by atoms with Crippen molar-refractivity contribution in [2.24, 2.45) is 0 Å². The second kappa shape index (κ2) is 13.7. The molecule has 13 aromatic rings. The molecule has 2 aliphatic carbocycles. The smallest absolute Gasteiger partial charge is 0.0619 e. The van der Waals surface area contributed by atoms with Crippen LogP contribution >= 0.6 is 0 Å². The number of hydrogen-bond donors (Lipinski definition) is 0. The van der Waals surface area contributed by atoms with E-state index in [9.17, 15) is 0 Å². The Morgan fingerprint density at radius 1 is 0.209 bits per heavy atom. The standard InChI is InChI=1S/C67H40/c1-4-21-49-41(16-1)34-35-58-59-38-44-33-32-43(37-47(44)40-63(59)67(66(49)58)61-30-13-11-24-52(61)53-25-12-14-31-62(53)67)42-18-15-19-46(36-42)64-54-26-7-9-28-56(54)65(57-29-10-8-27-55(57)64)60-39-45-17-2-3-20-48(45)50-22-5-6-23-51(50)60/h1-40H. The summed E-state index contributed by atoms with van der Waals surface area (Å²) in [6.45, 7) is 0. The van der Waals surface area contributed by atoms with Gasteiger partial charge in [-0.05, 0) is 173 Å². The van der Waals surface area contributed by atoms with Gasteiger partial charge in [-0.3, -0.25) is 0 Å². The van der Waals surface area contributed by atoms with Crippen LogP contribution in [0.4, 0.5) is 0 Å². The predicted molar refractivity (Wildman–Crippen MR) is 284 cm³/mol. The summed E-state index contributed by atoms with van der Waals surface area (Å²) in [6.07, 6.45) is 0. The number of fused-ring (bicyclic) bond motifs is 18. The molecule has 0 saturated heterocycles. The Morgan fingerprint density at radius 2 is 0.731 bits per heavy atom. The van der Waals surface area contributed by atoms with Crippen LogP contribution in [0.5, 0.6) is 0 Å². The minimum absolute atomic E-state index is 0.434. The summed E-state index contributed by atoms with van der Waals surface area (Å²) >= 11 is 0. The minimum Gasteiger partial charge on any atom is -0.0619 e. The molecule has 0 atom stereocenters. The number of benzene rings is 13. The van der Waals surface area contributed by atoms with Crippen LogP contribution in [0.3, 0.4) is 0 Å². The maximum Gasteiger partial charge on any atom is 0.0731 e. The first-order valence-corrected chi connectivity index (χ1v) is 23.5. The third-order valence-electron chi connectivity index (χ3n) is 15.4. The molecule has 0 heteroatoms. The van der Waals surface area contributed by atoms with E-state index in [4.69, 9.17) is 0 Å². The van der Waals surface area contributed by atoms with Gasteiger partial charge in [-0.1, -0.05) is 212 Å². The highest BCUT2D eigenvalue weighted by Crippen LogP contribution is 2.64. The summed E-state index contributed by atoms with van der Waals surface area (Å²) in [6, 6.07) is 91.5. The molecule has 0 bridgehead atoms. The fourth-order valence-electron chi connectivity index (χ4n) is 12.7. The van der Waals surface area contributed by atoms with Gasteiger partial charge in [0.1, 0.15) is 0 Å². The van der Waals surface area contributed by atoms with Crippen molar-refractivity contribution in [3.63, 3.8) is 0 Å². The van der Waals surface area contributed by atoms with Crippen LogP contribution in [0.2, 0.25) is 0 Å². The molecule has 0 radical (unpaired) electrons. The lowest BCUT2D eigenvalue weighted by atomic mass is 9.69. The monoisotopic (exact) mass is 844 g/mol. The Balaban J connectivity index is 0.934. The Hall–Kier alpha value is -8.58. The first-order chi connectivity index (χ1) is 33.2. The molecule has 0 aromatic heterocycles. The van der Waals surface area contributed by atoms with Crippen LogP contribution < -0.4 is 0 Å². The highest BCUT2D eigenvalue weighted by molar-refractivity contribution is 6.26. The zero-order valence-electron chi connectivity index (χ0n) is 36.6. The molecule has 308 valence electrons. The average Bonchev–Trinajstić information content (AvgIpc) is 3.86. The van der Waals surface area contributed by atoms with E-state index >= 15 is 0 Å². The molecule has 0 heterocycles. The largest absolute Gasteiger partial charge is 0.0731 e. The van der Waals surface area contributed by atoms with Gasteiger partial charge in [0.2, 0.25) is 0 Å². The zero-order chi connectivity index (χ0) is 43.8. The fraction of sp³-hybridized carbons (Fsp3) is 0.0149. The molecule has 0 fully saturated rings. The van der Waals surface area contributed by atoms with E-state index in [1.807, 2.05) is 0 Å². The van der Waals surface area contributed by atoms with Crippen LogP contribution in [0.1, 0.15) is 22.3 Å². The van der Waals surface area contributed by atoms with Crippen LogP contribution in [0, 0.1) is 0 Å². The molecule has 0 amide bonds. The quantitative estimate of drug-likeness (QED) is 0.123. The summed E-state index contributed by atoms with van der Waals surface area (Å²) in [4.78, 5) is 0. The van der Waals surface area contributed by atoms with E-state index < -0.39 is 5.41 Å². The highest BCUT2D eigenvalue weighted by atomic mass is 14.5. The van der Waals surface area contributed by atoms with Gasteiger partial charge in [0.05, 0.1) is 5.41 Å². The Kier molecular flexibility index (Phi) is 7.52. The van der Waals surface area contributed by atoms with Gasteiger partial charge in [0.15, 0.2) is 0 Å². The van der Waals surface area contributed by atoms with Gasteiger partial charge in [-0.2, -0.15) is 0 Å². The fourth-order valence-corrected chi connectivity index (χ4v) is 12.7. The normalized spacial score (nSPS) is 13.2. The third kappa shape index (κ3) is 4.97. The van der Waals surface area contributed by atoms with Gasteiger partial charge < -0.3 is 0 Å². The molecule has 0 saturated carbocycles. The highest BCUT2D eigenvalue weighted by Gasteiger charge is 2.52. The van der Waals surface area contributed by atoms with Crippen LogP contribution in [-0.2, 0) is 5.41 Å². The van der Waals surface area contributed by atoms with E-state index in [-0.39, 0.29) is 0 Å². The van der Waals surface area contributed by atoms with Crippen LogP contribution in [0.25, 0.3) is 120 Å². The van der Waals surface area contributed by atoms with Crippen molar-refractivity contribution in [1.29, 1.82) is 0 Å². The van der Waals surface area contributed by atoms with Crippen molar-refractivity contribution in [1.82, 2.24) is 0 Å².